The summed E-state index contributed by atoms with van der Waals surface area (Å²) in [6.45, 7) is 6.65. The van der Waals surface area contributed by atoms with E-state index in [0.717, 1.165) is 36.0 Å². The Bertz CT molecular complexity index is 1410. The molecule has 2 heterocycles. The molecule has 3 aliphatic rings. The van der Waals surface area contributed by atoms with Crippen molar-refractivity contribution in [2.75, 3.05) is 11.9 Å². The van der Waals surface area contributed by atoms with E-state index >= 15 is 0 Å². The van der Waals surface area contributed by atoms with E-state index in [1.807, 2.05) is 69.3 Å². The Labute approximate surface area is 290 Å². The number of rotatable bonds is 12. The topological polar surface area (TPSA) is 149 Å². The van der Waals surface area contributed by atoms with Gasteiger partial charge in [0.25, 0.3) is 0 Å². The van der Waals surface area contributed by atoms with E-state index in [1.165, 1.54) is 19.3 Å². The van der Waals surface area contributed by atoms with E-state index < -0.39 is 12.2 Å². The number of aliphatic hydroxyl groups excluding tert-OH is 1. The predicted molar refractivity (Wildman–Crippen MR) is 185 cm³/mol. The smallest absolute Gasteiger partial charge is 0.243 e. The molecular formula is C38H54N4O7. The number of carbonyl (C=O) groups excluding carboxylic acids is 3. The minimum absolute atomic E-state index is 0.0355. The molecule has 3 fully saturated rings. The summed E-state index contributed by atoms with van der Waals surface area (Å²) in [6.07, 6.45) is 7.39. The summed E-state index contributed by atoms with van der Waals surface area (Å²) in [5.41, 5.74) is 4.50. The van der Waals surface area contributed by atoms with Gasteiger partial charge in [0, 0.05) is 48.6 Å². The zero-order valence-corrected chi connectivity index (χ0v) is 29.2. The number of nitrogens with one attached hydrogen (secondary N) is 3. The molecule has 0 aromatic heterocycles. The van der Waals surface area contributed by atoms with Gasteiger partial charge in [0.2, 0.25) is 17.7 Å². The van der Waals surface area contributed by atoms with Crippen LogP contribution in [0.2, 0.25) is 0 Å². The third kappa shape index (κ3) is 10.3. The Morgan fingerprint density at radius 1 is 0.898 bits per heavy atom. The van der Waals surface area contributed by atoms with E-state index in [0.29, 0.717) is 43.5 Å². The second-order valence-corrected chi connectivity index (χ2v) is 14.9. The highest BCUT2D eigenvalue weighted by atomic mass is 16.7. The fourth-order valence-corrected chi connectivity index (χ4v) is 7.61. The number of aliphatic hydroxyl groups is 1. The van der Waals surface area contributed by atoms with Gasteiger partial charge in [-0.1, -0.05) is 49.2 Å². The molecule has 3 amide bonds. The number of piperidine rings is 1. The Kier molecular flexibility index (Phi) is 12.8. The van der Waals surface area contributed by atoms with Crippen molar-refractivity contribution in [2.45, 2.75) is 134 Å². The molecule has 2 aromatic rings. The van der Waals surface area contributed by atoms with Gasteiger partial charge in [-0.15, -0.1) is 0 Å². The number of nitrogens with zero attached hydrogens (tertiary/aromatic N) is 1. The van der Waals surface area contributed by atoms with Crippen LogP contribution in [0.15, 0.2) is 48.5 Å². The van der Waals surface area contributed by atoms with Gasteiger partial charge >= 0.3 is 0 Å². The van der Waals surface area contributed by atoms with Crippen molar-refractivity contribution in [1.82, 2.24) is 15.7 Å². The molecular weight excluding hydrogens is 624 g/mol. The van der Waals surface area contributed by atoms with Gasteiger partial charge in [0.15, 0.2) is 6.29 Å². The van der Waals surface area contributed by atoms with Crippen LogP contribution >= 0.6 is 0 Å². The second kappa shape index (κ2) is 17.0. The van der Waals surface area contributed by atoms with E-state index in [1.54, 1.807) is 5.48 Å². The zero-order chi connectivity index (χ0) is 35.0. The summed E-state index contributed by atoms with van der Waals surface area (Å²) in [5, 5.41) is 24.5. The maximum atomic E-state index is 13.7. The number of anilines is 1. The molecule has 1 saturated carbocycles. The van der Waals surface area contributed by atoms with Crippen molar-refractivity contribution in [2.24, 2.45) is 5.92 Å². The first kappa shape index (κ1) is 36.9. The van der Waals surface area contributed by atoms with Crippen LogP contribution in [-0.2, 0) is 30.5 Å². The fourth-order valence-electron chi connectivity index (χ4n) is 7.61. The van der Waals surface area contributed by atoms with E-state index in [2.05, 4.69) is 15.5 Å². The number of hydrogen-bond donors (Lipinski definition) is 5. The number of hydroxylamine groups is 1. The molecule has 0 spiro atoms. The van der Waals surface area contributed by atoms with Gasteiger partial charge in [0.05, 0.1) is 24.9 Å². The molecule has 5 rings (SSSR count). The summed E-state index contributed by atoms with van der Waals surface area (Å²) in [6, 6.07) is 15.4. The molecule has 2 aromatic carbocycles. The van der Waals surface area contributed by atoms with Crippen molar-refractivity contribution >= 4 is 23.4 Å². The number of amides is 3. The van der Waals surface area contributed by atoms with Crippen molar-refractivity contribution in [3.05, 3.63) is 65.2 Å². The van der Waals surface area contributed by atoms with Gasteiger partial charge in [-0.2, -0.15) is 0 Å². The maximum absolute atomic E-state index is 13.7. The number of carbonyl (C=O) groups is 3. The largest absolute Gasteiger partial charge is 0.392 e. The van der Waals surface area contributed by atoms with E-state index in [-0.39, 0.29) is 55.1 Å². The molecule has 49 heavy (non-hydrogen) atoms. The lowest BCUT2D eigenvalue weighted by atomic mass is 9.75. The molecule has 11 heteroatoms. The highest BCUT2D eigenvalue weighted by molar-refractivity contribution is 5.90. The lowest BCUT2D eigenvalue weighted by Crippen LogP contribution is -2.61. The predicted octanol–water partition coefficient (Wildman–Crippen LogP) is 5.67. The monoisotopic (exact) mass is 678 g/mol. The van der Waals surface area contributed by atoms with Gasteiger partial charge in [0.1, 0.15) is 0 Å². The molecule has 1 aliphatic carbocycles. The lowest BCUT2D eigenvalue weighted by molar-refractivity contribution is -0.255. The van der Waals surface area contributed by atoms with Gasteiger partial charge in [-0.3, -0.25) is 24.5 Å². The van der Waals surface area contributed by atoms with Crippen LogP contribution in [-0.4, -0.2) is 63.2 Å². The molecule has 2 aliphatic heterocycles. The Hall–Kier alpha value is -3.35. The van der Waals surface area contributed by atoms with Crippen molar-refractivity contribution in [3.63, 3.8) is 0 Å². The van der Waals surface area contributed by atoms with Gasteiger partial charge < -0.3 is 25.2 Å². The quantitative estimate of drug-likeness (QED) is 0.110. The highest BCUT2D eigenvalue weighted by Gasteiger charge is 2.44. The van der Waals surface area contributed by atoms with E-state index in [9.17, 15) is 19.5 Å². The number of fused-ring (bicyclic) bond motifs is 1. The first-order valence-electron chi connectivity index (χ1n) is 17.9. The minimum atomic E-state index is -0.705. The summed E-state index contributed by atoms with van der Waals surface area (Å²) in [4.78, 5) is 40.1. The number of hydrogen-bond acceptors (Lipinski definition) is 8. The summed E-state index contributed by atoms with van der Waals surface area (Å²) in [7, 11) is 0. The lowest BCUT2D eigenvalue weighted by Gasteiger charge is -2.50. The average molecular weight is 679 g/mol. The molecule has 268 valence electrons. The van der Waals surface area contributed by atoms with Crippen molar-refractivity contribution < 1.29 is 34.2 Å². The summed E-state index contributed by atoms with van der Waals surface area (Å²) < 4.78 is 13.4. The van der Waals surface area contributed by atoms with Crippen LogP contribution in [0.25, 0.3) is 0 Å². The molecule has 2 saturated heterocycles. The number of ether oxygens (including phenoxy) is 2. The normalized spacial score (nSPS) is 26.0. The number of likely N-dealkylation sites (tertiary alicyclic amines) is 1. The molecule has 0 radical (unpaired) electrons. The average Bonchev–Trinajstić information content (AvgIpc) is 3.09. The summed E-state index contributed by atoms with van der Waals surface area (Å²) >= 11 is 0. The van der Waals surface area contributed by atoms with Crippen molar-refractivity contribution in [3.8, 4) is 0 Å². The Morgan fingerprint density at radius 3 is 2.35 bits per heavy atom. The van der Waals surface area contributed by atoms with Crippen LogP contribution in [0.1, 0.15) is 120 Å². The zero-order valence-electron chi connectivity index (χ0n) is 29.2. The molecule has 0 unspecified atom stereocenters. The van der Waals surface area contributed by atoms with Crippen LogP contribution < -0.4 is 16.1 Å². The third-order valence-corrected chi connectivity index (χ3v) is 9.96. The molecule has 5 N–H and O–H groups in total. The fraction of sp³-hybridized carbons (Fsp3) is 0.605. The van der Waals surface area contributed by atoms with Crippen molar-refractivity contribution in [1.29, 1.82) is 0 Å². The maximum Gasteiger partial charge on any atom is 0.243 e. The minimum Gasteiger partial charge on any atom is -0.392 e. The number of benzene rings is 2. The van der Waals surface area contributed by atoms with Crippen LogP contribution in [0.4, 0.5) is 5.69 Å². The first-order chi connectivity index (χ1) is 23.5. The Balaban J connectivity index is 1.35. The van der Waals surface area contributed by atoms with Crippen LogP contribution in [0.3, 0.4) is 0 Å². The van der Waals surface area contributed by atoms with Crippen LogP contribution in [0, 0.1) is 5.92 Å². The SMILES string of the molecule is CC(C)(C)NC(=O)[C@H]1CC[C@H]2CCCC[C@H]2N1C[C@@H]1C[C@H](c2ccc(CO)cc2)O[C@H](c2cccc(NC(=O)CCCCC(=O)NO)c2)O1. The van der Waals surface area contributed by atoms with Crippen LogP contribution in [0.5, 0.6) is 0 Å². The Morgan fingerprint density at radius 2 is 1.63 bits per heavy atom. The third-order valence-electron chi connectivity index (χ3n) is 9.96. The van der Waals surface area contributed by atoms with Gasteiger partial charge in [-0.05, 0) is 88.5 Å². The molecule has 11 nitrogen and oxygen atoms in total. The van der Waals surface area contributed by atoms with Gasteiger partial charge in [-0.25, -0.2) is 5.48 Å². The number of unbranched alkanes of at least 4 members (excludes halogenated alkanes) is 1. The molecule has 6 atom stereocenters. The second-order valence-electron chi connectivity index (χ2n) is 14.9. The summed E-state index contributed by atoms with van der Waals surface area (Å²) in [5.74, 6) is 0.0240. The van der Waals surface area contributed by atoms with E-state index in [4.69, 9.17) is 14.7 Å². The first-order valence-corrected chi connectivity index (χ1v) is 17.9. The standard InChI is InChI=1S/C38H54N4O7/c1-38(2,3)40-36(46)32-20-19-26-9-4-5-12-31(26)42(32)23-30-22-33(27-17-15-25(24-43)16-18-27)49-37(48-30)28-10-8-11-29(21-28)39-34(44)13-6-7-14-35(45)41-47/h8,10-11,15-18,21,26,30-33,37,43,47H,4-7,9,12-14,19-20,22-24H2,1-3H3,(H,39,44)(H,40,46)(H,41,45)/t26-,30+,31-,32-,33-,37-/m1/s1. The highest BCUT2D eigenvalue weighted by Crippen LogP contribution is 2.42. The molecule has 0 bridgehead atoms.